The molecule has 178 valence electrons. The van der Waals surface area contributed by atoms with E-state index in [1.165, 1.54) is 0 Å². The number of nitrogens with zero attached hydrogens (tertiary/aromatic N) is 3. The van der Waals surface area contributed by atoms with Crippen LogP contribution in [-0.4, -0.2) is 60.9 Å². The average molecular weight is 453 g/mol. The van der Waals surface area contributed by atoms with Gasteiger partial charge in [0, 0.05) is 51.9 Å². The molecule has 0 fully saturated rings. The Balaban J connectivity index is 1.90. The van der Waals surface area contributed by atoms with Crippen molar-refractivity contribution in [2.24, 2.45) is 5.73 Å². The molecule has 7 heteroatoms. The molecule has 7 nitrogen and oxygen atoms in total. The van der Waals surface area contributed by atoms with Crippen LogP contribution in [0.1, 0.15) is 37.8 Å². The third kappa shape index (κ3) is 6.55. The minimum Gasteiger partial charge on any atom is -0.497 e. The van der Waals surface area contributed by atoms with E-state index in [-0.39, 0.29) is 11.8 Å². The van der Waals surface area contributed by atoms with Gasteiger partial charge in [-0.3, -0.25) is 14.5 Å². The van der Waals surface area contributed by atoms with Gasteiger partial charge < -0.3 is 20.3 Å². The van der Waals surface area contributed by atoms with E-state index in [0.29, 0.717) is 26.1 Å². The number of fused-ring (bicyclic) bond motifs is 1. The van der Waals surface area contributed by atoms with Crippen LogP contribution < -0.4 is 15.4 Å². The topological polar surface area (TPSA) is 79.1 Å². The van der Waals surface area contributed by atoms with Crippen LogP contribution in [0, 0.1) is 0 Å². The van der Waals surface area contributed by atoms with E-state index < -0.39 is 6.04 Å². The molecule has 0 saturated heterocycles. The second-order valence-electron chi connectivity index (χ2n) is 8.56. The highest BCUT2D eigenvalue weighted by atomic mass is 16.5. The molecule has 0 saturated carbocycles. The first-order chi connectivity index (χ1) is 15.9. The summed E-state index contributed by atoms with van der Waals surface area (Å²) in [6.07, 6.45) is 1.42. The lowest BCUT2D eigenvalue weighted by atomic mass is 10.1. The van der Waals surface area contributed by atoms with Crippen molar-refractivity contribution < 1.29 is 14.3 Å². The van der Waals surface area contributed by atoms with E-state index in [9.17, 15) is 9.59 Å². The van der Waals surface area contributed by atoms with Crippen LogP contribution in [0.25, 0.3) is 0 Å². The monoisotopic (exact) mass is 452 g/mol. The fourth-order valence-corrected chi connectivity index (χ4v) is 4.25. The Morgan fingerprint density at radius 1 is 1.06 bits per heavy atom. The molecule has 1 atom stereocenters. The van der Waals surface area contributed by atoms with Crippen LogP contribution in [0.4, 0.5) is 5.69 Å². The van der Waals surface area contributed by atoms with Gasteiger partial charge in [0.15, 0.2) is 0 Å². The van der Waals surface area contributed by atoms with Crippen LogP contribution in [0.15, 0.2) is 48.5 Å². The van der Waals surface area contributed by atoms with Crippen LogP contribution in [-0.2, 0) is 22.7 Å². The van der Waals surface area contributed by atoms with Crippen molar-refractivity contribution in [1.82, 2.24) is 9.80 Å². The maximum absolute atomic E-state index is 13.1. The van der Waals surface area contributed by atoms with Gasteiger partial charge in [-0.1, -0.05) is 37.3 Å². The van der Waals surface area contributed by atoms with Gasteiger partial charge in [-0.2, -0.15) is 0 Å². The van der Waals surface area contributed by atoms with Crippen molar-refractivity contribution in [2.75, 3.05) is 38.2 Å². The third-order valence-corrected chi connectivity index (χ3v) is 6.17. The van der Waals surface area contributed by atoms with E-state index in [2.05, 4.69) is 11.0 Å². The SMILES string of the molecule is CC[C@H](N)C(=O)N1CCN(Cc2cccc(OC)c2)CCCN(C(C)=O)c2ccccc2C1. The number of hydrogen-bond donors (Lipinski definition) is 1. The number of methoxy groups -OCH3 is 1. The average Bonchev–Trinajstić information content (AvgIpc) is 2.86. The Labute approximate surface area is 197 Å². The highest BCUT2D eigenvalue weighted by Crippen LogP contribution is 2.24. The van der Waals surface area contributed by atoms with E-state index in [4.69, 9.17) is 10.5 Å². The molecule has 0 radical (unpaired) electrons. The van der Waals surface area contributed by atoms with Crippen LogP contribution in [0.2, 0.25) is 0 Å². The molecular formula is C26H36N4O3. The zero-order valence-electron chi connectivity index (χ0n) is 20.0. The smallest absolute Gasteiger partial charge is 0.239 e. The number of carbonyl (C=O) groups excluding carboxylic acids is 2. The van der Waals surface area contributed by atoms with Crippen LogP contribution in [0.5, 0.6) is 5.75 Å². The van der Waals surface area contributed by atoms with Gasteiger partial charge in [0.1, 0.15) is 5.75 Å². The number of amides is 2. The van der Waals surface area contributed by atoms with Gasteiger partial charge in [-0.25, -0.2) is 0 Å². The van der Waals surface area contributed by atoms with E-state index in [1.54, 1.807) is 14.0 Å². The number of para-hydroxylation sites is 1. The van der Waals surface area contributed by atoms with Crippen molar-refractivity contribution in [3.05, 3.63) is 59.7 Å². The predicted molar refractivity (Wildman–Crippen MR) is 131 cm³/mol. The molecule has 0 bridgehead atoms. The lowest BCUT2D eigenvalue weighted by Gasteiger charge is -2.29. The summed E-state index contributed by atoms with van der Waals surface area (Å²) in [5.41, 5.74) is 9.13. The summed E-state index contributed by atoms with van der Waals surface area (Å²) in [5, 5.41) is 0. The minimum atomic E-state index is -0.530. The van der Waals surface area contributed by atoms with E-state index in [1.807, 2.05) is 59.2 Å². The van der Waals surface area contributed by atoms with Gasteiger partial charge in [-0.05, 0) is 42.2 Å². The Morgan fingerprint density at radius 3 is 2.58 bits per heavy atom. The zero-order valence-corrected chi connectivity index (χ0v) is 20.0. The second kappa shape index (κ2) is 11.8. The fraction of sp³-hybridized carbons (Fsp3) is 0.462. The Morgan fingerprint density at radius 2 is 1.85 bits per heavy atom. The molecule has 33 heavy (non-hydrogen) atoms. The Hall–Kier alpha value is -2.90. The van der Waals surface area contributed by atoms with Crippen molar-refractivity contribution in [3.63, 3.8) is 0 Å². The number of nitrogens with two attached hydrogens (primary N) is 1. The first-order valence-electron chi connectivity index (χ1n) is 11.7. The number of anilines is 1. The molecule has 1 aliphatic rings. The molecule has 1 aliphatic heterocycles. The van der Waals surface area contributed by atoms with E-state index in [0.717, 1.165) is 48.6 Å². The summed E-state index contributed by atoms with van der Waals surface area (Å²) in [6, 6.07) is 15.4. The van der Waals surface area contributed by atoms with Gasteiger partial charge in [-0.15, -0.1) is 0 Å². The lowest BCUT2D eigenvalue weighted by molar-refractivity contribution is -0.133. The summed E-state index contributed by atoms with van der Waals surface area (Å²) in [4.78, 5) is 31.7. The first-order valence-corrected chi connectivity index (χ1v) is 11.7. The maximum Gasteiger partial charge on any atom is 0.239 e. The molecule has 0 aliphatic carbocycles. The van der Waals surface area contributed by atoms with Gasteiger partial charge in [0.2, 0.25) is 11.8 Å². The molecule has 0 spiro atoms. The standard InChI is InChI=1S/C26H36N4O3/c1-4-24(27)26(32)29-16-15-28(18-21-9-7-11-23(17-21)33-3)13-8-14-30(20(2)31)25-12-6-5-10-22(25)19-29/h5-7,9-12,17,24H,4,8,13-16,18-19,27H2,1-3H3/t24-/m0/s1. The quantitative estimate of drug-likeness (QED) is 0.755. The normalized spacial score (nSPS) is 16.5. The number of rotatable bonds is 5. The highest BCUT2D eigenvalue weighted by Gasteiger charge is 2.24. The van der Waals surface area contributed by atoms with Crippen molar-refractivity contribution in [2.45, 2.75) is 45.8 Å². The molecule has 2 aromatic rings. The lowest BCUT2D eigenvalue weighted by Crippen LogP contribution is -2.46. The molecule has 2 amide bonds. The van der Waals surface area contributed by atoms with Crippen molar-refractivity contribution >= 4 is 17.5 Å². The molecule has 2 N–H and O–H groups in total. The number of carbonyl (C=O) groups is 2. The molecule has 1 heterocycles. The highest BCUT2D eigenvalue weighted by molar-refractivity contribution is 5.92. The minimum absolute atomic E-state index is 0.00387. The summed E-state index contributed by atoms with van der Waals surface area (Å²) in [6.45, 7) is 7.43. The molecule has 0 aromatic heterocycles. The summed E-state index contributed by atoms with van der Waals surface area (Å²) < 4.78 is 5.38. The maximum atomic E-state index is 13.1. The largest absolute Gasteiger partial charge is 0.497 e. The van der Waals surface area contributed by atoms with E-state index >= 15 is 0 Å². The first kappa shape index (κ1) is 24.7. The molecule has 0 unspecified atom stereocenters. The van der Waals surface area contributed by atoms with Crippen molar-refractivity contribution in [1.29, 1.82) is 0 Å². The second-order valence-corrected chi connectivity index (χ2v) is 8.56. The fourth-order valence-electron chi connectivity index (χ4n) is 4.25. The zero-order chi connectivity index (χ0) is 23.8. The molecular weight excluding hydrogens is 416 g/mol. The Kier molecular flexibility index (Phi) is 8.86. The molecule has 2 aromatic carbocycles. The van der Waals surface area contributed by atoms with Crippen LogP contribution >= 0.6 is 0 Å². The van der Waals surface area contributed by atoms with Crippen molar-refractivity contribution in [3.8, 4) is 5.75 Å². The number of hydrogen-bond acceptors (Lipinski definition) is 5. The van der Waals surface area contributed by atoms with Gasteiger partial charge in [0.05, 0.1) is 13.2 Å². The van der Waals surface area contributed by atoms with Gasteiger partial charge >= 0.3 is 0 Å². The molecule has 3 rings (SSSR count). The Bertz CT molecular complexity index is 949. The third-order valence-electron chi connectivity index (χ3n) is 6.17. The summed E-state index contributed by atoms with van der Waals surface area (Å²) in [5.74, 6) is 0.778. The number of ether oxygens (including phenoxy) is 1. The number of benzene rings is 2. The van der Waals surface area contributed by atoms with Gasteiger partial charge in [0.25, 0.3) is 0 Å². The predicted octanol–water partition coefficient (Wildman–Crippen LogP) is 3.02. The van der Waals surface area contributed by atoms with Crippen LogP contribution in [0.3, 0.4) is 0 Å². The summed E-state index contributed by atoms with van der Waals surface area (Å²) >= 11 is 0. The summed E-state index contributed by atoms with van der Waals surface area (Å²) in [7, 11) is 1.67.